The van der Waals surface area contributed by atoms with Gasteiger partial charge in [-0.2, -0.15) is 0 Å². The minimum absolute atomic E-state index is 0.282. The van der Waals surface area contributed by atoms with Crippen molar-refractivity contribution in [2.24, 2.45) is 0 Å². The molecule has 7 nitrogen and oxygen atoms in total. The van der Waals surface area contributed by atoms with E-state index in [1.165, 1.54) is 11.0 Å². The number of hydrogen-bond acceptors (Lipinski definition) is 5. The van der Waals surface area contributed by atoms with Gasteiger partial charge in [-0.15, -0.1) is 0 Å². The lowest BCUT2D eigenvalue weighted by molar-refractivity contribution is -0.111. The first kappa shape index (κ1) is 23.8. The molecule has 1 N–H and O–H groups in total. The second kappa shape index (κ2) is 10.5. The maximum atomic E-state index is 12.4. The van der Waals surface area contributed by atoms with Crippen LogP contribution >= 0.6 is 0 Å². The van der Waals surface area contributed by atoms with Crippen molar-refractivity contribution >= 4 is 23.8 Å². The zero-order valence-electron chi connectivity index (χ0n) is 18.9. The Morgan fingerprint density at radius 3 is 2.45 bits per heavy atom. The number of anilines is 1. The second-order valence-corrected chi connectivity index (χ2v) is 7.97. The van der Waals surface area contributed by atoms with Crippen LogP contribution in [0, 0.1) is 0 Å². The highest BCUT2D eigenvalue weighted by Crippen LogP contribution is 2.25. The molecule has 0 saturated heterocycles. The molecule has 2 aromatic rings. The van der Waals surface area contributed by atoms with Gasteiger partial charge in [0, 0.05) is 37.0 Å². The van der Waals surface area contributed by atoms with Crippen molar-refractivity contribution in [3.05, 3.63) is 59.7 Å². The van der Waals surface area contributed by atoms with Crippen LogP contribution in [0.3, 0.4) is 0 Å². The number of rotatable bonds is 7. The topological polar surface area (TPSA) is 77.1 Å². The van der Waals surface area contributed by atoms with E-state index >= 15 is 0 Å². The maximum absolute atomic E-state index is 12.4. The molecule has 0 heterocycles. The van der Waals surface area contributed by atoms with Crippen LogP contribution in [-0.2, 0) is 16.1 Å². The van der Waals surface area contributed by atoms with Crippen molar-refractivity contribution in [2.75, 3.05) is 26.6 Å². The summed E-state index contributed by atoms with van der Waals surface area (Å²) >= 11 is 0. The molecule has 0 unspecified atom stereocenters. The summed E-state index contributed by atoms with van der Waals surface area (Å²) in [6.07, 6.45) is 2.70. The normalized spacial score (nSPS) is 11.2. The van der Waals surface area contributed by atoms with E-state index in [-0.39, 0.29) is 5.91 Å². The molecule has 0 radical (unpaired) electrons. The summed E-state index contributed by atoms with van der Waals surface area (Å²) in [7, 11) is 4.81. The molecule has 0 saturated carbocycles. The SMILES string of the molecule is COc1ccc(C=CC(=O)Nc2cccc(CN(C)C(=O)OC(C)(C)C)c2)c(OC)c1. The summed E-state index contributed by atoms with van der Waals surface area (Å²) in [5.41, 5.74) is 1.70. The molecule has 31 heavy (non-hydrogen) atoms. The van der Waals surface area contributed by atoms with Crippen LogP contribution in [-0.4, -0.2) is 43.8 Å². The number of nitrogens with zero attached hydrogens (tertiary/aromatic N) is 1. The summed E-state index contributed by atoms with van der Waals surface area (Å²) in [6, 6.07) is 12.7. The van der Waals surface area contributed by atoms with Gasteiger partial charge in [0.05, 0.1) is 14.2 Å². The number of nitrogens with one attached hydrogen (secondary N) is 1. The van der Waals surface area contributed by atoms with E-state index < -0.39 is 11.7 Å². The molecule has 166 valence electrons. The van der Waals surface area contributed by atoms with Crippen LogP contribution in [0.2, 0.25) is 0 Å². The first-order valence-electron chi connectivity index (χ1n) is 9.85. The minimum atomic E-state index is -0.555. The van der Waals surface area contributed by atoms with Gasteiger partial charge >= 0.3 is 6.09 Å². The minimum Gasteiger partial charge on any atom is -0.497 e. The molecular formula is C24H30N2O5. The van der Waals surface area contributed by atoms with E-state index in [1.807, 2.05) is 45.0 Å². The van der Waals surface area contributed by atoms with Crippen LogP contribution in [0.1, 0.15) is 31.9 Å². The largest absolute Gasteiger partial charge is 0.497 e. The van der Waals surface area contributed by atoms with Crippen molar-refractivity contribution in [3.63, 3.8) is 0 Å². The smallest absolute Gasteiger partial charge is 0.410 e. The number of ether oxygens (including phenoxy) is 3. The molecule has 2 aromatic carbocycles. The molecule has 0 fully saturated rings. The van der Waals surface area contributed by atoms with Crippen molar-refractivity contribution in [1.29, 1.82) is 0 Å². The number of carbonyl (C=O) groups is 2. The molecule has 0 bridgehead atoms. The molecule has 0 aliphatic heterocycles. The Balaban J connectivity index is 2.01. The third-order valence-corrected chi connectivity index (χ3v) is 4.17. The van der Waals surface area contributed by atoms with Gasteiger partial charge in [0.2, 0.25) is 5.91 Å². The van der Waals surface area contributed by atoms with E-state index in [4.69, 9.17) is 14.2 Å². The van der Waals surface area contributed by atoms with E-state index in [2.05, 4.69) is 5.32 Å². The predicted octanol–water partition coefficient (Wildman–Crippen LogP) is 4.72. The molecule has 0 aliphatic rings. The summed E-state index contributed by atoms with van der Waals surface area (Å²) < 4.78 is 15.9. The Morgan fingerprint density at radius 2 is 1.81 bits per heavy atom. The van der Waals surface area contributed by atoms with Crippen LogP contribution in [0.4, 0.5) is 10.5 Å². The highest BCUT2D eigenvalue weighted by Gasteiger charge is 2.19. The average Bonchev–Trinajstić information content (AvgIpc) is 2.71. The van der Waals surface area contributed by atoms with Crippen molar-refractivity contribution in [2.45, 2.75) is 32.9 Å². The lowest BCUT2D eigenvalue weighted by Crippen LogP contribution is -2.33. The number of hydrogen-bond donors (Lipinski definition) is 1. The summed E-state index contributed by atoms with van der Waals surface area (Å²) in [4.78, 5) is 26.0. The Kier molecular flexibility index (Phi) is 8.07. The molecular weight excluding hydrogens is 396 g/mol. The van der Waals surface area contributed by atoms with Crippen LogP contribution < -0.4 is 14.8 Å². The average molecular weight is 427 g/mol. The van der Waals surface area contributed by atoms with Gasteiger partial charge in [-0.3, -0.25) is 4.79 Å². The quantitative estimate of drug-likeness (QED) is 0.648. The van der Waals surface area contributed by atoms with Gasteiger partial charge in [0.15, 0.2) is 0 Å². The fourth-order valence-corrected chi connectivity index (χ4v) is 2.73. The molecule has 0 aliphatic carbocycles. The van der Waals surface area contributed by atoms with E-state index in [0.717, 1.165) is 11.1 Å². The highest BCUT2D eigenvalue weighted by atomic mass is 16.6. The predicted molar refractivity (Wildman–Crippen MR) is 121 cm³/mol. The summed E-state index contributed by atoms with van der Waals surface area (Å²) in [5, 5.41) is 2.83. The Morgan fingerprint density at radius 1 is 1.06 bits per heavy atom. The van der Waals surface area contributed by atoms with Gasteiger partial charge in [-0.1, -0.05) is 12.1 Å². The second-order valence-electron chi connectivity index (χ2n) is 7.97. The highest BCUT2D eigenvalue weighted by molar-refractivity contribution is 6.02. The molecule has 0 spiro atoms. The number of amides is 2. The van der Waals surface area contributed by atoms with Gasteiger partial charge in [-0.05, 0) is 56.7 Å². The number of carbonyl (C=O) groups excluding carboxylic acids is 2. The Labute approximate surface area is 183 Å². The molecule has 2 rings (SSSR count). The lowest BCUT2D eigenvalue weighted by atomic mass is 10.1. The van der Waals surface area contributed by atoms with Crippen LogP contribution in [0.5, 0.6) is 11.5 Å². The lowest BCUT2D eigenvalue weighted by Gasteiger charge is -2.24. The Hall–Kier alpha value is -3.48. The van der Waals surface area contributed by atoms with E-state index in [1.54, 1.807) is 45.5 Å². The Bertz CT molecular complexity index is 947. The van der Waals surface area contributed by atoms with E-state index in [9.17, 15) is 9.59 Å². The zero-order valence-corrected chi connectivity index (χ0v) is 18.9. The molecule has 7 heteroatoms. The number of benzene rings is 2. The van der Waals surface area contributed by atoms with Crippen molar-refractivity contribution in [3.8, 4) is 11.5 Å². The van der Waals surface area contributed by atoms with Gasteiger partial charge < -0.3 is 24.4 Å². The fraction of sp³-hybridized carbons (Fsp3) is 0.333. The summed E-state index contributed by atoms with van der Waals surface area (Å²) in [5.74, 6) is 0.998. The molecule has 2 amide bonds. The van der Waals surface area contributed by atoms with Crippen LogP contribution in [0.15, 0.2) is 48.5 Å². The van der Waals surface area contributed by atoms with Crippen LogP contribution in [0.25, 0.3) is 6.08 Å². The fourth-order valence-electron chi connectivity index (χ4n) is 2.73. The van der Waals surface area contributed by atoms with E-state index in [0.29, 0.717) is 23.7 Å². The third kappa shape index (κ3) is 7.70. The maximum Gasteiger partial charge on any atom is 0.410 e. The summed E-state index contributed by atoms with van der Waals surface area (Å²) in [6.45, 7) is 5.83. The monoisotopic (exact) mass is 426 g/mol. The first-order valence-corrected chi connectivity index (χ1v) is 9.85. The third-order valence-electron chi connectivity index (χ3n) is 4.17. The zero-order chi connectivity index (χ0) is 23.0. The van der Waals surface area contributed by atoms with Crippen molar-refractivity contribution < 1.29 is 23.8 Å². The van der Waals surface area contributed by atoms with Crippen molar-refractivity contribution in [1.82, 2.24) is 4.90 Å². The molecule has 0 aromatic heterocycles. The molecule has 0 atom stereocenters. The first-order chi connectivity index (χ1) is 14.6. The van der Waals surface area contributed by atoms with Gasteiger partial charge in [-0.25, -0.2) is 4.79 Å². The van der Waals surface area contributed by atoms with Gasteiger partial charge in [0.25, 0.3) is 0 Å². The standard InChI is InChI=1S/C24H30N2O5/c1-24(2,3)31-23(28)26(4)16-17-8-7-9-19(14-17)25-22(27)13-11-18-10-12-20(29-5)15-21(18)30-6/h7-15H,16H2,1-6H3,(H,25,27). The number of methoxy groups -OCH3 is 2. The van der Waals surface area contributed by atoms with Gasteiger partial charge in [0.1, 0.15) is 17.1 Å².